The molecule has 2 amide bonds. The molecule has 0 aromatic carbocycles. The van der Waals surface area contributed by atoms with Crippen molar-refractivity contribution in [3.05, 3.63) is 0 Å². The average Bonchev–Trinajstić information content (AvgIpc) is 3.22. The van der Waals surface area contributed by atoms with Crippen LogP contribution in [0, 0.1) is 5.92 Å². The molecule has 1 heterocycles. The molecule has 7 heteroatoms. The van der Waals surface area contributed by atoms with Crippen molar-refractivity contribution >= 4 is 36.0 Å². The summed E-state index contributed by atoms with van der Waals surface area (Å²) in [6, 6.07) is -0.323. The van der Waals surface area contributed by atoms with Crippen LogP contribution in [0.5, 0.6) is 0 Å². The third-order valence-electron chi connectivity index (χ3n) is 5.20. The summed E-state index contributed by atoms with van der Waals surface area (Å²) in [5.74, 6) is 1.60. The second-order valence-corrected chi connectivity index (χ2v) is 7.59. The molecular weight excluding hydrogens is 334 g/mol. The smallest absolute Gasteiger partial charge is 0.243 e. The molecule has 2 fully saturated rings. The maximum Gasteiger partial charge on any atom is 0.243 e. The first kappa shape index (κ1) is 20.6. The van der Waals surface area contributed by atoms with Gasteiger partial charge in [0, 0.05) is 23.8 Å². The minimum absolute atomic E-state index is 0. The highest BCUT2D eigenvalue weighted by Crippen LogP contribution is 2.30. The van der Waals surface area contributed by atoms with Crippen molar-refractivity contribution in [2.75, 3.05) is 18.2 Å². The van der Waals surface area contributed by atoms with Gasteiger partial charge in [0.05, 0.1) is 5.88 Å². The van der Waals surface area contributed by atoms with Gasteiger partial charge in [0.25, 0.3) is 0 Å². The standard InChI is InChI=1S/C16H29N3O2S.ClH/c1-3-16(17,4-2)10-18-14(20)13-9-22-11-19(13)15(21)12-7-5-6-8-12;/h12-13H,3-11,17H2,1-2H3,(H,18,20);1H. The van der Waals surface area contributed by atoms with E-state index in [0.29, 0.717) is 18.2 Å². The van der Waals surface area contributed by atoms with E-state index in [1.54, 1.807) is 16.7 Å². The first-order chi connectivity index (χ1) is 10.5. The van der Waals surface area contributed by atoms with Gasteiger partial charge in [-0.2, -0.15) is 0 Å². The van der Waals surface area contributed by atoms with E-state index in [2.05, 4.69) is 5.32 Å². The lowest BCUT2D eigenvalue weighted by Crippen LogP contribution is -2.54. The number of amides is 2. The van der Waals surface area contributed by atoms with E-state index in [4.69, 9.17) is 5.73 Å². The van der Waals surface area contributed by atoms with Crippen molar-refractivity contribution in [1.82, 2.24) is 10.2 Å². The van der Waals surface area contributed by atoms with Gasteiger partial charge in [0.15, 0.2) is 0 Å². The number of halogens is 1. The summed E-state index contributed by atoms with van der Waals surface area (Å²) in [6.07, 6.45) is 5.88. The Kier molecular flexibility index (Phi) is 8.18. The zero-order chi connectivity index (χ0) is 16.2. The predicted octanol–water partition coefficient (Wildman–Crippen LogP) is 2.13. The van der Waals surface area contributed by atoms with Gasteiger partial charge in [-0.25, -0.2) is 0 Å². The summed E-state index contributed by atoms with van der Waals surface area (Å²) in [7, 11) is 0. The van der Waals surface area contributed by atoms with Gasteiger partial charge in [0.1, 0.15) is 6.04 Å². The van der Waals surface area contributed by atoms with Gasteiger partial charge in [0.2, 0.25) is 11.8 Å². The molecule has 0 spiro atoms. The Hall–Kier alpha value is -0.460. The molecule has 1 aliphatic carbocycles. The van der Waals surface area contributed by atoms with Crippen molar-refractivity contribution in [3.63, 3.8) is 0 Å². The molecule has 1 aliphatic heterocycles. The van der Waals surface area contributed by atoms with E-state index in [9.17, 15) is 9.59 Å². The normalized spacial score (nSPS) is 22.0. The minimum atomic E-state index is -0.346. The zero-order valence-electron chi connectivity index (χ0n) is 14.2. The predicted molar refractivity (Wildman–Crippen MR) is 97.7 cm³/mol. The van der Waals surface area contributed by atoms with Crippen molar-refractivity contribution in [2.45, 2.75) is 64.0 Å². The second-order valence-electron chi connectivity index (χ2n) is 6.59. The van der Waals surface area contributed by atoms with Crippen LogP contribution < -0.4 is 11.1 Å². The molecule has 1 saturated heterocycles. The van der Waals surface area contributed by atoms with Gasteiger partial charge in [-0.05, 0) is 25.7 Å². The quantitative estimate of drug-likeness (QED) is 0.758. The number of carbonyl (C=O) groups excluding carboxylic acids is 2. The Morgan fingerprint density at radius 2 is 1.87 bits per heavy atom. The number of hydrogen-bond acceptors (Lipinski definition) is 4. The van der Waals surface area contributed by atoms with Crippen LogP contribution in [0.3, 0.4) is 0 Å². The number of nitrogens with one attached hydrogen (secondary N) is 1. The highest BCUT2D eigenvalue weighted by molar-refractivity contribution is 7.99. The molecule has 0 aromatic heterocycles. The van der Waals surface area contributed by atoms with Crippen LogP contribution >= 0.6 is 24.2 Å². The van der Waals surface area contributed by atoms with Crippen LogP contribution in [0.4, 0.5) is 0 Å². The number of carbonyl (C=O) groups is 2. The topological polar surface area (TPSA) is 75.4 Å². The average molecular weight is 364 g/mol. The molecule has 3 N–H and O–H groups in total. The molecule has 23 heavy (non-hydrogen) atoms. The van der Waals surface area contributed by atoms with Crippen molar-refractivity contribution in [1.29, 1.82) is 0 Å². The van der Waals surface area contributed by atoms with Gasteiger partial charge in [-0.15, -0.1) is 24.2 Å². The van der Waals surface area contributed by atoms with E-state index < -0.39 is 0 Å². The molecule has 0 bridgehead atoms. The lowest BCUT2D eigenvalue weighted by Gasteiger charge is -2.30. The Balaban J connectivity index is 0.00000264. The van der Waals surface area contributed by atoms with Crippen LogP contribution in [-0.2, 0) is 9.59 Å². The molecule has 2 aliphatic rings. The first-order valence-electron chi connectivity index (χ1n) is 8.45. The number of nitrogens with zero attached hydrogens (tertiary/aromatic N) is 1. The van der Waals surface area contributed by atoms with Crippen LogP contribution in [0.1, 0.15) is 52.4 Å². The van der Waals surface area contributed by atoms with Crippen molar-refractivity contribution < 1.29 is 9.59 Å². The SMILES string of the molecule is CCC(N)(CC)CNC(=O)C1CSCN1C(=O)C1CCCC1.Cl. The van der Waals surface area contributed by atoms with E-state index >= 15 is 0 Å². The number of hydrogen-bond donors (Lipinski definition) is 2. The van der Waals surface area contributed by atoms with E-state index in [1.165, 1.54) is 0 Å². The summed E-state index contributed by atoms with van der Waals surface area (Å²) in [6.45, 7) is 4.56. The highest BCUT2D eigenvalue weighted by atomic mass is 35.5. The fourth-order valence-corrected chi connectivity index (χ4v) is 4.33. The second kappa shape index (κ2) is 9.14. The zero-order valence-corrected chi connectivity index (χ0v) is 15.8. The molecular formula is C16H30ClN3O2S. The maximum absolute atomic E-state index is 12.6. The summed E-state index contributed by atoms with van der Waals surface area (Å²) in [5.41, 5.74) is 5.89. The fraction of sp³-hybridized carbons (Fsp3) is 0.875. The first-order valence-corrected chi connectivity index (χ1v) is 9.61. The van der Waals surface area contributed by atoms with E-state index in [1.807, 2.05) is 13.8 Å². The third-order valence-corrected chi connectivity index (χ3v) is 6.21. The summed E-state index contributed by atoms with van der Waals surface area (Å²) < 4.78 is 0. The van der Waals surface area contributed by atoms with Crippen LogP contribution in [0.2, 0.25) is 0 Å². The molecule has 1 saturated carbocycles. The van der Waals surface area contributed by atoms with Crippen molar-refractivity contribution in [2.24, 2.45) is 11.7 Å². The third kappa shape index (κ3) is 5.00. The summed E-state index contributed by atoms with van der Waals surface area (Å²) in [5, 5.41) is 2.97. The molecule has 1 atom stereocenters. The van der Waals surface area contributed by atoms with Crippen LogP contribution in [-0.4, -0.2) is 46.5 Å². The summed E-state index contributed by atoms with van der Waals surface area (Å²) >= 11 is 1.66. The van der Waals surface area contributed by atoms with Gasteiger partial charge >= 0.3 is 0 Å². The lowest BCUT2D eigenvalue weighted by atomic mass is 9.94. The number of rotatable bonds is 6. The maximum atomic E-state index is 12.6. The van der Waals surface area contributed by atoms with Gasteiger partial charge in [-0.3, -0.25) is 9.59 Å². The Morgan fingerprint density at radius 1 is 1.26 bits per heavy atom. The number of thioether (sulfide) groups is 1. The molecule has 134 valence electrons. The van der Waals surface area contributed by atoms with E-state index in [-0.39, 0.29) is 41.7 Å². The summed E-state index contributed by atoms with van der Waals surface area (Å²) in [4.78, 5) is 26.8. The highest BCUT2D eigenvalue weighted by Gasteiger charge is 2.38. The monoisotopic (exact) mass is 363 g/mol. The van der Waals surface area contributed by atoms with Gasteiger partial charge in [-0.1, -0.05) is 26.7 Å². The fourth-order valence-electron chi connectivity index (χ4n) is 3.17. The molecule has 0 aromatic rings. The van der Waals surface area contributed by atoms with Crippen LogP contribution in [0.25, 0.3) is 0 Å². The van der Waals surface area contributed by atoms with Crippen molar-refractivity contribution in [3.8, 4) is 0 Å². The minimum Gasteiger partial charge on any atom is -0.352 e. The Morgan fingerprint density at radius 3 is 2.43 bits per heavy atom. The Labute approximate surface area is 149 Å². The Bertz CT molecular complexity index is 412. The lowest BCUT2D eigenvalue weighted by molar-refractivity contribution is -0.141. The molecule has 2 rings (SSSR count). The number of nitrogens with two attached hydrogens (primary N) is 1. The molecule has 5 nitrogen and oxygen atoms in total. The molecule has 1 unspecified atom stereocenters. The molecule has 0 radical (unpaired) electrons. The van der Waals surface area contributed by atoms with Gasteiger partial charge < -0.3 is 16.0 Å². The largest absolute Gasteiger partial charge is 0.352 e. The van der Waals surface area contributed by atoms with E-state index in [0.717, 1.165) is 38.5 Å². The van der Waals surface area contributed by atoms with Crippen LogP contribution in [0.15, 0.2) is 0 Å².